The molecule has 0 bridgehead atoms. The Balaban J connectivity index is 2.83. The van der Waals surface area contributed by atoms with E-state index in [1.807, 2.05) is 14.1 Å². The number of halogens is 1. The number of hydrogen-bond donors (Lipinski definition) is 2. The van der Waals surface area contributed by atoms with Crippen LogP contribution in [0, 0.1) is 0 Å². The molecule has 0 atom stereocenters. The first kappa shape index (κ1) is 17.9. The van der Waals surface area contributed by atoms with Crippen molar-refractivity contribution in [1.82, 2.24) is 15.2 Å². The maximum absolute atomic E-state index is 12.4. The summed E-state index contributed by atoms with van der Waals surface area (Å²) >= 11 is 3.37. The van der Waals surface area contributed by atoms with Crippen LogP contribution in [0.25, 0.3) is 0 Å². The van der Waals surface area contributed by atoms with Gasteiger partial charge < -0.3 is 15.5 Å². The van der Waals surface area contributed by atoms with Gasteiger partial charge in [0.15, 0.2) is 0 Å². The molecular formula is C15H25BrN4O. The van der Waals surface area contributed by atoms with E-state index in [1.165, 1.54) is 0 Å². The van der Waals surface area contributed by atoms with E-state index in [2.05, 4.69) is 57.2 Å². The van der Waals surface area contributed by atoms with Crippen molar-refractivity contribution in [3.63, 3.8) is 0 Å². The number of amides is 1. The van der Waals surface area contributed by atoms with E-state index in [0.717, 1.165) is 17.4 Å². The fourth-order valence-electron chi connectivity index (χ4n) is 1.55. The zero-order valence-corrected chi connectivity index (χ0v) is 15.0. The third-order valence-corrected chi connectivity index (χ3v) is 3.97. The molecule has 0 saturated heterocycles. The Labute approximate surface area is 135 Å². The molecule has 0 saturated carbocycles. The quantitative estimate of drug-likeness (QED) is 0.788. The summed E-state index contributed by atoms with van der Waals surface area (Å²) < 4.78 is 0.793. The minimum Gasteiger partial charge on any atom is -0.369 e. The molecule has 0 fully saturated rings. The second-order valence-corrected chi connectivity index (χ2v) is 6.78. The molecule has 0 radical (unpaired) electrons. The molecule has 21 heavy (non-hydrogen) atoms. The SMILES string of the molecule is CCCNc1ncc(Br)cc1C(=O)NCC(C)(C)N(C)C. The zero-order valence-electron chi connectivity index (χ0n) is 13.5. The van der Waals surface area contributed by atoms with E-state index >= 15 is 0 Å². The molecule has 0 unspecified atom stereocenters. The summed E-state index contributed by atoms with van der Waals surface area (Å²) in [5.41, 5.74) is 0.457. The lowest BCUT2D eigenvalue weighted by Crippen LogP contribution is -2.48. The van der Waals surface area contributed by atoms with Crippen molar-refractivity contribution in [2.24, 2.45) is 0 Å². The van der Waals surface area contributed by atoms with Crippen molar-refractivity contribution in [2.75, 3.05) is 32.5 Å². The molecule has 1 amide bonds. The van der Waals surface area contributed by atoms with Crippen molar-refractivity contribution >= 4 is 27.7 Å². The highest BCUT2D eigenvalue weighted by Crippen LogP contribution is 2.18. The molecule has 5 nitrogen and oxygen atoms in total. The van der Waals surface area contributed by atoms with E-state index in [0.29, 0.717) is 17.9 Å². The van der Waals surface area contributed by atoms with Crippen LogP contribution in [0.2, 0.25) is 0 Å². The standard InChI is InChI=1S/C15H25BrN4O/c1-6-7-17-13-12(8-11(16)9-18-13)14(21)19-10-15(2,3)20(4)5/h8-9H,6-7,10H2,1-5H3,(H,17,18)(H,19,21). The molecular weight excluding hydrogens is 332 g/mol. The fourth-order valence-corrected chi connectivity index (χ4v) is 1.88. The molecule has 2 N–H and O–H groups in total. The predicted octanol–water partition coefficient (Wildman–Crippen LogP) is 2.74. The maximum Gasteiger partial charge on any atom is 0.255 e. The van der Waals surface area contributed by atoms with Gasteiger partial charge >= 0.3 is 0 Å². The van der Waals surface area contributed by atoms with Gasteiger partial charge in [-0.3, -0.25) is 4.79 Å². The Morgan fingerprint density at radius 2 is 2.10 bits per heavy atom. The highest BCUT2D eigenvalue weighted by Gasteiger charge is 2.22. The fraction of sp³-hybridized carbons (Fsp3) is 0.600. The summed E-state index contributed by atoms with van der Waals surface area (Å²) in [4.78, 5) is 18.8. The van der Waals surface area contributed by atoms with Gasteiger partial charge in [-0.15, -0.1) is 0 Å². The van der Waals surface area contributed by atoms with Gasteiger partial charge in [-0.1, -0.05) is 6.92 Å². The lowest BCUT2D eigenvalue weighted by molar-refractivity contribution is 0.0920. The Morgan fingerprint density at radius 3 is 2.67 bits per heavy atom. The normalized spacial score (nSPS) is 11.6. The summed E-state index contributed by atoms with van der Waals surface area (Å²) in [5, 5.41) is 6.17. The summed E-state index contributed by atoms with van der Waals surface area (Å²) in [6, 6.07) is 1.79. The van der Waals surface area contributed by atoms with Gasteiger partial charge in [0.25, 0.3) is 5.91 Å². The number of carbonyl (C=O) groups excluding carboxylic acids is 1. The van der Waals surface area contributed by atoms with Gasteiger partial charge in [-0.2, -0.15) is 0 Å². The van der Waals surface area contributed by atoms with Gasteiger partial charge in [0.05, 0.1) is 5.56 Å². The molecule has 1 aromatic rings. The average Bonchev–Trinajstić information content (AvgIpc) is 2.43. The number of rotatable bonds is 7. The Bertz CT molecular complexity index is 489. The van der Waals surface area contributed by atoms with Crippen molar-refractivity contribution in [1.29, 1.82) is 0 Å². The third-order valence-electron chi connectivity index (χ3n) is 3.53. The maximum atomic E-state index is 12.4. The lowest BCUT2D eigenvalue weighted by atomic mass is 10.0. The molecule has 1 heterocycles. The first-order chi connectivity index (χ1) is 9.77. The Hall–Kier alpha value is -1.14. The van der Waals surface area contributed by atoms with Crippen LogP contribution in [0.1, 0.15) is 37.6 Å². The molecule has 6 heteroatoms. The van der Waals surface area contributed by atoms with E-state index < -0.39 is 0 Å². The van der Waals surface area contributed by atoms with Gasteiger partial charge in [0.1, 0.15) is 5.82 Å². The first-order valence-electron chi connectivity index (χ1n) is 7.13. The molecule has 0 aliphatic heterocycles. The predicted molar refractivity (Wildman–Crippen MR) is 90.8 cm³/mol. The summed E-state index contributed by atoms with van der Waals surface area (Å²) in [7, 11) is 4.00. The number of pyridine rings is 1. The lowest BCUT2D eigenvalue weighted by Gasteiger charge is -2.32. The summed E-state index contributed by atoms with van der Waals surface area (Å²) in [6.45, 7) is 7.60. The van der Waals surface area contributed by atoms with Crippen LogP contribution in [-0.4, -0.2) is 48.5 Å². The van der Waals surface area contributed by atoms with Crippen LogP contribution in [0.15, 0.2) is 16.7 Å². The van der Waals surface area contributed by atoms with Crippen LogP contribution in [-0.2, 0) is 0 Å². The minimum atomic E-state index is -0.114. The van der Waals surface area contributed by atoms with E-state index in [4.69, 9.17) is 0 Å². The second-order valence-electron chi connectivity index (χ2n) is 5.87. The van der Waals surface area contributed by atoms with Crippen LogP contribution in [0.5, 0.6) is 0 Å². The van der Waals surface area contributed by atoms with E-state index in [9.17, 15) is 4.79 Å². The van der Waals surface area contributed by atoms with Gasteiger partial charge in [0, 0.05) is 29.3 Å². The summed E-state index contributed by atoms with van der Waals surface area (Å²) in [5.74, 6) is 0.512. The first-order valence-corrected chi connectivity index (χ1v) is 7.92. The highest BCUT2D eigenvalue weighted by atomic mass is 79.9. The van der Waals surface area contributed by atoms with Crippen LogP contribution < -0.4 is 10.6 Å². The average molecular weight is 357 g/mol. The van der Waals surface area contributed by atoms with Gasteiger partial charge in [0.2, 0.25) is 0 Å². The van der Waals surface area contributed by atoms with Gasteiger partial charge in [-0.25, -0.2) is 4.98 Å². The molecule has 0 aliphatic rings. The monoisotopic (exact) mass is 356 g/mol. The molecule has 0 spiro atoms. The number of anilines is 1. The molecule has 118 valence electrons. The van der Waals surface area contributed by atoms with E-state index in [1.54, 1.807) is 12.3 Å². The number of nitrogens with zero attached hydrogens (tertiary/aromatic N) is 2. The molecule has 1 aromatic heterocycles. The molecule has 0 aromatic carbocycles. The van der Waals surface area contributed by atoms with Gasteiger partial charge in [-0.05, 0) is 56.4 Å². The number of hydrogen-bond acceptors (Lipinski definition) is 4. The van der Waals surface area contributed by atoms with Crippen LogP contribution in [0.4, 0.5) is 5.82 Å². The topological polar surface area (TPSA) is 57.3 Å². The minimum absolute atomic E-state index is 0.105. The number of carbonyl (C=O) groups is 1. The third kappa shape index (κ3) is 5.28. The van der Waals surface area contributed by atoms with Crippen molar-refractivity contribution in [3.8, 4) is 0 Å². The highest BCUT2D eigenvalue weighted by molar-refractivity contribution is 9.10. The van der Waals surface area contributed by atoms with E-state index in [-0.39, 0.29) is 11.4 Å². The Morgan fingerprint density at radius 1 is 1.43 bits per heavy atom. The second kappa shape index (κ2) is 7.75. The number of likely N-dealkylation sites (N-methyl/N-ethyl adjacent to an activating group) is 1. The number of nitrogens with one attached hydrogen (secondary N) is 2. The van der Waals surface area contributed by atoms with Crippen molar-refractivity contribution in [3.05, 3.63) is 22.3 Å². The smallest absolute Gasteiger partial charge is 0.255 e. The van der Waals surface area contributed by atoms with Crippen LogP contribution >= 0.6 is 15.9 Å². The van der Waals surface area contributed by atoms with Crippen molar-refractivity contribution < 1.29 is 4.79 Å². The number of aromatic nitrogens is 1. The molecule has 0 aliphatic carbocycles. The summed E-state index contributed by atoms with van der Waals surface area (Å²) in [6.07, 6.45) is 2.67. The zero-order chi connectivity index (χ0) is 16.0. The van der Waals surface area contributed by atoms with Crippen molar-refractivity contribution in [2.45, 2.75) is 32.7 Å². The largest absolute Gasteiger partial charge is 0.369 e. The molecule has 1 rings (SSSR count). The van der Waals surface area contributed by atoms with Crippen LogP contribution in [0.3, 0.4) is 0 Å². The Kier molecular flexibility index (Phi) is 6.61.